The van der Waals surface area contributed by atoms with Crippen molar-refractivity contribution in [1.82, 2.24) is 9.97 Å². The Hall–Kier alpha value is -2.02. The van der Waals surface area contributed by atoms with Crippen molar-refractivity contribution in [1.29, 1.82) is 0 Å². The predicted octanol–water partition coefficient (Wildman–Crippen LogP) is 4.15. The van der Waals surface area contributed by atoms with Crippen LogP contribution >= 0.6 is 23.4 Å². The van der Waals surface area contributed by atoms with Crippen molar-refractivity contribution in [3.63, 3.8) is 0 Å². The first kappa shape index (κ1) is 18.8. The standard InChI is InChI=1S/C19H21ClN4OS/c1-26-9-8-13(21)11-22-18-14-4-2-3-5-16(14)23-19(24-18)15-10-12(20)6-7-17(15)25/h2-7,10,13,25H,8-9,11,21H2,1H3,(H,22,23,24)/t13-/m1/s1. The molecule has 0 unspecified atom stereocenters. The molecule has 2 aromatic carbocycles. The average molecular weight is 389 g/mol. The Balaban J connectivity index is 1.97. The first-order valence-electron chi connectivity index (χ1n) is 8.32. The van der Waals surface area contributed by atoms with Gasteiger partial charge in [-0.05, 0) is 48.8 Å². The highest BCUT2D eigenvalue weighted by atomic mass is 35.5. The van der Waals surface area contributed by atoms with Crippen molar-refractivity contribution in [3.8, 4) is 17.1 Å². The second-order valence-electron chi connectivity index (χ2n) is 6.00. The number of hydrogen-bond donors (Lipinski definition) is 3. The van der Waals surface area contributed by atoms with Gasteiger partial charge in [0.15, 0.2) is 5.82 Å². The van der Waals surface area contributed by atoms with Crippen molar-refractivity contribution >= 4 is 40.1 Å². The maximum Gasteiger partial charge on any atom is 0.165 e. The molecule has 3 aromatic rings. The van der Waals surface area contributed by atoms with Gasteiger partial charge in [0, 0.05) is 23.0 Å². The van der Waals surface area contributed by atoms with Crippen LogP contribution in [0.2, 0.25) is 5.02 Å². The Morgan fingerprint density at radius 3 is 2.85 bits per heavy atom. The van der Waals surface area contributed by atoms with E-state index in [1.807, 2.05) is 24.3 Å². The molecule has 0 saturated carbocycles. The normalized spacial score (nSPS) is 12.3. The molecule has 0 saturated heterocycles. The number of benzene rings is 2. The molecule has 0 aliphatic heterocycles. The predicted molar refractivity (Wildman–Crippen MR) is 111 cm³/mol. The van der Waals surface area contributed by atoms with E-state index in [2.05, 4.69) is 21.5 Å². The van der Waals surface area contributed by atoms with E-state index in [9.17, 15) is 5.11 Å². The van der Waals surface area contributed by atoms with Crippen molar-refractivity contribution in [3.05, 3.63) is 47.5 Å². The summed E-state index contributed by atoms with van der Waals surface area (Å²) in [6.45, 7) is 0.614. The highest BCUT2D eigenvalue weighted by Gasteiger charge is 2.13. The van der Waals surface area contributed by atoms with Gasteiger partial charge >= 0.3 is 0 Å². The van der Waals surface area contributed by atoms with E-state index in [1.54, 1.807) is 30.0 Å². The van der Waals surface area contributed by atoms with Crippen LogP contribution in [-0.2, 0) is 0 Å². The molecule has 0 radical (unpaired) electrons. The van der Waals surface area contributed by atoms with E-state index in [4.69, 9.17) is 17.3 Å². The van der Waals surface area contributed by atoms with Gasteiger partial charge in [0.1, 0.15) is 11.6 Å². The van der Waals surface area contributed by atoms with Crippen molar-refractivity contribution in [2.75, 3.05) is 23.9 Å². The van der Waals surface area contributed by atoms with Crippen LogP contribution in [0.4, 0.5) is 5.82 Å². The van der Waals surface area contributed by atoms with Crippen molar-refractivity contribution in [2.45, 2.75) is 12.5 Å². The fourth-order valence-corrected chi connectivity index (χ4v) is 3.33. The summed E-state index contributed by atoms with van der Waals surface area (Å²) in [5.41, 5.74) is 7.46. The largest absolute Gasteiger partial charge is 0.507 e. The molecule has 4 N–H and O–H groups in total. The van der Waals surface area contributed by atoms with Gasteiger partial charge in [-0.2, -0.15) is 11.8 Å². The minimum Gasteiger partial charge on any atom is -0.507 e. The van der Waals surface area contributed by atoms with Crippen molar-refractivity contribution < 1.29 is 5.11 Å². The van der Waals surface area contributed by atoms with Crippen LogP contribution in [0.3, 0.4) is 0 Å². The highest BCUT2D eigenvalue weighted by Crippen LogP contribution is 2.32. The third-order valence-corrected chi connectivity index (χ3v) is 4.91. The number of aromatic hydroxyl groups is 1. The number of thioether (sulfide) groups is 1. The molecule has 0 amide bonds. The number of hydrogen-bond acceptors (Lipinski definition) is 6. The van der Waals surface area contributed by atoms with Crippen molar-refractivity contribution in [2.24, 2.45) is 5.73 Å². The number of nitrogens with one attached hydrogen (secondary N) is 1. The number of para-hydroxylation sites is 1. The quantitative estimate of drug-likeness (QED) is 0.564. The molecule has 0 bridgehead atoms. The Morgan fingerprint density at radius 1 is 1.23 bits per heavy atom. The monoisotopic (exact) mass is 388 g/mol. The van der Waals surface area contributed by atoms with E-state index >= 15 is 0 Å². The third kappa shape index (κ3) is 4.38. The van der Waals surface area contributed by atoms with Crippen LogP contribution in [-0.4, -0.2) is 39.7 Å². The van der Waals surface area contributed by atoms with Crippen LogP contribution in [0.1, 0.15) is 6.42 Å². The van der Waals surface area contributed by atoms with Gasteiger partial charge in [-0.3, -0.25) is 0 Å². The van der Waals surface area contributed by atoms with E-state index in [0.29, 0.717) is 28.8 Å². The number of nitrogens with zero attached hydrogens (tertiary/aromatic N) is 2. The first-order valence-corrected chi connectivity index (χ1v) is 10.1. The number of phenolic OH excluding ortho intramolecular Hbond substituents is 1. The molecule has 136 valence electrons. The van der Waals surface area contributed by atoms with E-state index < -0.39 is 0 Å². The highest BCUT2D eigenvalue weighted by molar-refractivity contribution is 7.98. The SMILES string of the molecule is CSCC[C@@H](N)CNc1nc(-c2cc(Cl)ccc2O)nc2ccccc12. The summed E-state index contributed by atoms with van der Waals surface area (Å²) < 4.78 is 0. The number of phenols is 1. The second kappa shape index (κ2) is 8.58. The van der Waals surface area contributed by atoms with E-state index in [0.717, 1.165) is 23.1 Å². The van der Waals surface area contributed by atoms with Gasteiger partial charge in [-0.15, -0.1) is 0 Å². The molecule has 0 aliphatic rings. The fraction of sp³-hybridized carbons (Fsp3) is 0.263. The first-order chi connectivity index (χ1) is 12.6. The maximum atomic E-state index is 10.2. The molecule has 1 atom stereocenters. The smallest absolute Gasteiger partial charge is 0.165 e. The summed E-state index contributed by atoms with van der Waals surface area (Å²) in [6, 6.07) is 12.6. The minimum atomic E-state index is 0.0409. The molecule has 3 rings (SSSR count). The summed E-state index contributed by atoms with van der Waals surface area (Å²) in [5, 5.41) is 15.0. The number of rotatable bonds is 7. The van der Waals surface area contributed by atoms with Gasteiger partial charge in [-0.1, -0.05) is 23.7 Å². The van der Waals surface area contributed by atoms with Crippen LogP contribution in [0.15, 0.2) is 42.5 Å². The lowest BCUT2D eigenvalue weighted by Gasteiger charge is -2.15. The molecule has 5 nitrogen and oxygen atoms in total. The average Bonchev–Trinajstić information content (AvgIpc) is 2.66. The summed E-state index contributed by atoms with van der Waals surface area (Å²) in [5.74, 6) is 2.23. The molecular weight excluding hydrogens is 368 g/mol. The molecule has 0 fully saturated rings. The van der Waals surface area contributed by atoms with Gasteiger partial charge in [0.25, 0.3) is 0 Å². The number of anilines is 1. The zero-order valence-corrected chi connectivity index (χ0v) is 16.0. The third-order valence-electron chi connectivity index (χ3n) is 4.03. The van der Waals surface area contributed by atoms with Gasteiger partial charge in [0.05, 0.1) is 11.1 Å². The molecule has 0 spiro atoms. The number of nitrogens with two attached hydrogens (primary N) is 1. The zero-order valence-electron chi connectivity index (χ0n) is 14.4. The molecular formula is C19H21ClN4OS. The van der Waals surface area contributed by atoms with Crippen LogP contribution in [0, 0.1) is 0 Å². The topological polar surface area (TPSA) is 84.1 Å². The lowest BCUT2D eigenvalue weighted by atomic mass is 10.1. The zero-order chi connectivity index (χ0) is 18.5. The van der Waals surface area contributed by atoms with E-state index in [1.165, 1.54) is 0 Å². The Morgan fingerprint density at radius 2 is 2.04 bits per heavy atom. The summed E-state index contributed by atoms with van der Waals surface area (Å²) in [6.07, 6.45) is 3.00. The number of fused-ring (bicyclic) bond motifs is 1. The molecule has 0 aliphatic carbocycles. The molecule has 26 heavy (non-hydrogen) atoms. The van der Waals surface area contributed by atoms with E-state index in [-0.39, 0.29) is 11.8 Å². The van der Waals surface area contributed by atoms with Gasteiger partial charge in [0.2, 0.25) is 0 Å². The molecule has 7 heteroatoms. The van der Waals surface area contributed by atoms with Crippen LogP contribution < -0.4 is 11.1 Å². The second-order valence-corrected chi connectivity index (χ2v) is 7.42. The number of aromatic nitrogens is 2. The van der Waals surface area contributed by atoms with Crippen LogP contribution in [0.25, 0.3) is 22.3 Å². The lowest BCUT2D eigenvalue weighted by molar-refractivity contribution is 0.477. The minimum absolute atomic E-state index is 0.0409. The Bertz CT molecular complexity index is 906. The van der Waals surface area contributed by atoms with Crippen LogP contribution in [0.5, 0.6) is 5.75 Å². The molecule has 1 heterocycles. The fourth-order valence-electron chi connectivity index (χ4n) is 2.62. The summed E-state index contributed by atoms with van der Waals surface area (Å²) in [7, 11) is 0. The van der Waals surface area contributed by atoms with Gasteiger partial charge in [-0.25, -0.2) is 9.97 Å². The maximum absolute atomic E-state index is 10.2. The lowest BCUT2D eigenvalue weighted by Crippen LogP contribution is -2.30. The summed E-state index contributed by atoms with van der Waals surface area (Å²) >= 11 is 7.86. The van der Waals surface area contributed by atoms with Gasteiger partial charge < -0.3 is 16.2 Å². The Kier molecular flexibility index (Phi) is 6.19. The Labute approximate surface area is 162 Å². The number of halogens is 1. The summed E-state index contributed by atoms with van der Waals surface area (Å²) in [4.78, 5) is 9.20. The molecule has 1 aromatic heterocycles.